The summed E-state index contributed by atoms with van der Waals surface area (Å²) in [7, 11) is -3.50. The number of rotatable bonds is 6. The van der Waals surface area contributed by atoms with Gasteiger partial charge < -0.3 is 5.73 Å². The van der Waals surface area contributed by atoms with Crippen LogP contribution in [0.2, 0.25) is 0 Å². The van der Waals surface area contributed by atoms with Gasteiger partial charge in [-0.1, -0.05) is 18.3 Å². The summed E-state index contributed by atoms with van der Waals surface area (Å²) < 4.78 is 27.1. The Hall–Kier alpha value is -0.980. The number of hydrogen-bond acceptors (Lipinski definition) is 3. The van der Waals surface area contributed by atoms with Crippen molar-refractivity contribution in [1.29, 1.82) is 0 Å². The third-order valence-corrected chi connectivity index (χ3v) is 6.11. The maximum Gasteiger partial charge on any atom is 0.243 e. The molecule has 1 aliphatic carbocycles. The van der Waals surface area contributed by atoms with E-state index < -0.39 is 10.0 Å². The summed E-state index contributed by atoms with van der Waals surface area (Å²) in [5.41, 5.74) is 7.94. The van der Waals surface area contributed by atoms with Gasteiger partial charge in [-0.15, -0.1) is 0 Å². The van der Waals surface area contributed by atoms with E-state index in [2.05, 4.69) is 0 Å². The first-order valence-corrected chi connectivity index (χ1v) is 9.09. The van der Waals surface area contributed by atoms with Gasteiger partial charge in [-0.05, 0) is 56.4 Å². The lowest BCUT2D eigenvalue weighted by Crippen LogP contribution is -2.38. The normalized spacial score (nSPS) is 14.7. The van der Waals surface area contributed by atoms with E-state index in [0.717, 1.165) is 24.8 Å². The highest BCUT2D eigenvalue weighted by molar-refractivity contribution is 7.89. The second-order valence-electron chi connectivity index (χ2n) is 5.71. The molecule has 0 spiro atoms. The number of thiocarbonyl (C=S) groups is 1. The Balaban J connectivity index is 2.31. The SMILES string of the molecule is CC(C)N(CCC(N)=S)S(=O)(=O)c1ccc2c(c1)CCC2. The fourth-order valence-electron chi connectivity index (χ4n) is 2.72. The second-order valence-corrected chi connectivity index (χ2v) is 8.12. The Bertz CT molecular complexity index is 639. The quantitative estimate of drug-likeness (QED) is 0.815. The van der Waals surface area contributed by atoms with Crippen LogP contribution < -0.4 is 5.73 Å². The molecule has 0 saturated heterocycles. The van der Waals surface area contributed by atoms with E-state index in [-0.39, 0.29) is 6.04 Å². The lowest BCUT2D eigenvalue weighted by atomic mass is 10.1. The molecule has 0 heterocycles. The van der Waals surface area contributed by atoms with Crippen LogP contribution in [-0.2, 0) is 22.9 Å². The smallest absolute Gasteiger partial charge is 0.243 e. The zero-order chi connectivity index (χ0) is 15.6. The van der Waals surface area contributed by atoms with Crippen LogP contribution in [0.4, 0.5) is 0 Å². The van der Waals surface area contributed by atoms with Crippen LogP contribution in [0.1, 0.15) is 37.8 Å². The lowest BCUT2D eigenvalue weighted by Gasteiger charge is -2.26. The van der Waals surface area contributed by atoms with E-state index >= 15 is 0 Å². The highest BCUT2D eigenvalue weighted by Crippen LogP contribution is 2.27. The summed E-state index contributed by atoms with van der Waals surface area (Å²) in [5, 5.41) is 0. The molecule has 0 atom stereocenters. The van der Waals surface area contributed by atoms with Crippen molar-refractivity contribution in [2.75, 3.05) is 6.54 Å². The van der Waals surface area contributed by atoms with Gasteiger partial charge in [0.15, 0.2) is 0 Å². The number of sulfonamides is 1. The van der Waals surface area contributed by atoms with Crippen LogP contribution in [0.15, 0.2) is 23.1 Å². The first-order valence-electron chi connectivity index (χ1n) is 7.24. The van der Waals surface area contributed by atoms with Gasteiger partial charge in [0, 0.05) is 19.0 Å². The van der Waals surface area contributed by atoms with Gasteiger partial charge in [0.25, 0.3) is 0 Å². The molecular weight excluding hydrogens is 304 g/mol. The first kappa shape index (κ1) is 16.4. The van der Waals surface area contributed by atoms with Crippen molar-refractivity contribution in [3.63, 3.8) is 0 Å². The molecule has 0 radical (unpaired) electrons. The number of hydrogen-bond donors (Lipinski definition) is 1. The Labute approximate surface area is 132 Å². The molecule has 21 heavy (non-hydrogen) atoms. The van der Waals surface area contributed by atoms with Gasteiger partial charge >= 0.3 is 0 Å². The highest BCUT2D eigenvalue weighted by atomic mass is 32.2. The monoisotopic (exact) mass is 326 g/mol. The largest absolute Gasteiger partial charge is 0.393 e. The molecule has 6 heteroatoms. The molecule has 2 N–H and O–H groups in total. The average molecular weight is 326 g/mol. The summed E-state index contributed by atoms with van der Waals surface area (Å²) in [6.07, 6.45) is 3.52. The van der Waals surface area contributed by atoms with Crippen molar-refractivity contribution >= 4 is 27.2 Å². The van der Waals surface area contributed by atoms with Crippen molar-refractivity contribution < 1.29 is 8.42 Å². The molecule has 1 aliphatic rings. The predicted octanol–water partition coefficient (Wildman–Crippen LogP) is 2.25. The Kier molecular flexibility index (Phi) is 5.01. The summed E-state index contributed by atoms with van der Waals surface area (Å²) in [6, 6.07) is 5.36. The molecule has 0 unspecified atom stereocenters. The third kappa shape index (κ3) is 3.62. The number of nitrogens with two attached hydrogens (primary N) is 1. The molecule has 0 aromatic heterocycles. The Morgan fingerprint density at radius 1 is 1.33 bits per heavy atom. The maximum atomic E-state index is 12.8. The topological polar surface area (TPSA) is 63.4 Å². The molecule has 2 rings (SSSR count). The van der Waals surface area contributed by atoms with Crippen molar-refractivity contribution in [1.82, 2.24) is 4.31 Å². The molecule has 0 amide bonds. The highest BCUT2D eigenvalue weighted by Gasteiger charge is 2.27. The van der Waals surface area contributed by atoms with E-state index in [1.54, 1.807) is 6.07 Å². The second kappa shape index (κ2) is 6.42. The number of fused-ring (bicyclic) bond motifs is 1. The van der Waals surface area contributed by atoms with Crippen molar-refractivity contribution in [2.24, 2.45) is 5.73 Å². The zero-order valence-electron chi connectivity index (χ0n) is 12.5. The minimum atomic E-state index is -3.50. The van der Waals surface area contributed by atoms with Gasteiger partial charge in [0.1, 0.15) is 0 Å². The Morgan fingerprint density at radius 2 is 2.00 bits per heavy atom. The lowest BCUT2D eigenvalue weighted by molar-refractivity contribution is 0.362. The van der Waals surface area contributed by atoms with Gasteiger partial charge in [-0.3, -0.25) is 0 Å². The van der Waals surface area contributed by atoms with E-state index in [1.165, 1.54) is 9.87 Å². The van der Waals surface area contributed by atoms with Gasteiger partial charge in [0.05, 0.1) is 9.88 Å². The standard InChI is InChI=1S/C15H22N2O2S2/c1-11(2)17(9-8-15(16)20)21(18,19)14-7-6-12-4-3-5-13(12)10-14/h6-7,10-11H,3-5,8-9H2,1-2H3,(H2,16,20). The van der Waals surface area contributed by atoms with Crippen molar-refractivity contribution in [3.05, 3.63) is 29.3 Å². The zero-order valence-corrected chi connectivity index (χ0v) is 14.1. The number of nitrogens with zero attached hydrogens (tertiary/aromatic N) is 1. The predicted molar refractivity (Wildman–Crippen MR) is 88.9 cm³/mol. The Morgan fingerprint density at radius 3 is 2.62 bits per heavy atom. The van der Waals surface area contributed by atoms with E-state index in [1.807, 2.05) is 26.0 Å². The maximum absolute atomic E-state index is 12.8. The molecule has 4 nitrogen and oxygen atoms in total. The minimum absolute atomic E-state index is 0.127. The number of benzene rings is 1. The fraction of sp³-hybridized carbons (Fsp3) is 0.533. The third-order valence-electron chi connectivity index (χ3n) is 3.83. The fourth-order valence-corrected chi connectivity index (χ4v) is 4.50. The molecular formula is C15H22N2O2S2. The number of aryl methyl sites for hydroxylation is 2. The van der Waals surface area contributed by atoms with E-state index in [4.69, 9.17) is 18.0 Å². The molecule has 116 valence electrons. The minimum Gasteiger partial charge on any atom is -0.393 e. The van der Waals surface area contributed by atoms with Crippen molar-refractivity contribution in [3.8, 4) is 0 Å². The van der Waals surface area contributed by atoms with Crippen LogP contribution in [-0.4, -0.2) is 30.3 Å². The molecule has 0 aliphatic heterocycles. The van der Waals surface area contributed by atoms with Crippen LogP contribution >= 0.6 is 12.2 Å². The molecule has 1 aromatic rings. The van der Waals surface area contributed by atoms with Gasteiger partial charge in [0.2, 0.25) is 10.0 Å². The summed E-state index contributed by atoms with van der Waals surface area (Å²) >= 11 is 4.86. The molecule has 0 saturated carbocycles. The van der Waals surface area contributed by atoms with Crippen LogP contribution in [0, 0.1) is 0 Å². The van der Waals surface area contributed by atoms with Crippen LogP contribution in [0.25, 0.3) is 0 Å². The first-order chi connectivity index (χ1) is 9.82. The summed E-state index contributed by atoms with van der Waals surface area (Å²) in [4.78, 5) is 0.713. The molecule has 0 fully saturated rings. The molecule has 0 bridgehead atoms. The van der Waals surface area contributed by atoms with Crippen molar-refractivity contribution in [2.45, 2.75) is 50.5 Å². The summed E-state index contributed by atoms with van der Waals surface area (Å²) in [5.74, 6) is 0. The van der Waals surface area contributed by atoms with Gasteiger partial charge in [-0.25, -0.2) is 8.42 Å². The van der Waals surface area contributed by atoms with E-state index in [0.29, 0.717) is 22.8 Å². The van der Waals surface area contributed by atoms with E-state index in [9.17, 15) is 8.42 Å². The van der Waals surface area contributed by atoms with Gasteiger partial charge in [-0.2, -0.15) is 4.31 Å². The van der Waals surface area contributed by atoms with Crippen LogP contribution in [0.5, 0.6) is 0 Å². The van der Waals surface area contributed by atoms with Crippen LogP contribution in [0.3, 0.4) is 0 Å². The average Bonchev–Trinajstić information content (AvgIpc) is 2.84. The summed E-state index contributed by atoms with van der Waals surface area (Å²) in [6.45, 7) is 4.06. The molecule has 1 aromatic carbocycles.